The molecular weight excluding hydrogens is 312 g/mol. The first-order valence-corrected chi connectivity index (χ1v) is 8.25. The first-order chi connectivity index (χ1) is 10.8. The van der Waals surface area contributed by atoms with Crippen LogP contribution in [0.1, 0.15) is 70.0 Å². The molecule has 0 spiro atoms. The maximum absolute atomic E-state index is 12.4. The standard InChI is InChI=1S/C17H20N2O3S/c1-9(2)12-7-13(23-15(12)10(3)4)16(20)19-14-6-5-11(8-18-14)17(21)22/h5-10H,1-4H3,(H,21,22)(H,18,19,20). The number of hydrogen-bond donors (Lipinski definition) is 2. The Balaban J connectivity index is 2.20. The van der Waals surface area contributed by atoms with E-state index in [0.717, 1.165) is 0 Å². The van der Waals surface area contributed by atoms with Crippen molar-refractivity contribution in [1.82, 2.24) is 4.98 Å². The summed E-state index contributed by atoms with van der Waals surface area (Å²) < 4.78 is 0. The number of rotatable bonds is 5. The van der Waals surface area contributed by atoms with Gasteiger partial charge in [0.25, 0.3) is 5.91 Å². The fourth-order valence-electron chi connectivity index (χ4n) is 2.21. The van der Waals surface area contributed by atoms with Crippen LogP contribution in [-0.4, -0.2) is 22.0 Å². The average molecular weight is 332 g/mol. The second-order valence-corrected chi connectivity index (χ2v) is 7.01. The maximum atomic E-state index is 12.4. The molecule has 0 saturated carbocycles. The van der Waals surface area contributed by atoms with E-state index in [-0.39, 0.29) is 11.5 Å². The maximum Gasteiger partial charge on any atom is 0.337 e. The van der Waals surface area contributed by atoms with Gasteiger partial charge in [-0.1, -0.05) is 27.7 Å². The lowest BCUT2D eigenvalue weighted by atomic mass is 9.99. The largest absolute Gasteiger partial charge is 0.478 e. The van der Waals surface area contributed by atoms with E-state index in [9.17, 15) is 9.59 Å². The molecule has 0 fully saturated rings. The molecule has 1 amide bonds. The molecule has 0 aliphatic heterocycles. The molecule has 2 heterocycles. The zero-order valence-corrected chi connectivity index (χ0v) is 14.4. The molecule has 0 radical (unpaired) electrons. The molecule has 2 N–H and O–H groups in total. The predicted octanol–water partition coefficient (Wildman–Crippen LogP) is 4.34. The summed E-state index contributed by atoms with van der Waals surface area (Å²) in [6, 6.07) is 4.84. The van der Waals surface area contributed by atoms with Gasteiger partial charge in [-0.15, -0.1) is 11.3 Å². The third kappa shape index (κ3) is 3.96. The lowest BCUT2D eigenvalue weighted by molar-refractivity contribution is 0.0696. The summed E-state index contributed by atoms with van der Waals surface area (Å²) in [6.07, 6.45) is 1.23. The topological polar surface area (TPSA) is 79.3 Å². The number of nitrogens with one attached hydrogen (secondary N) is 1. The lowest BCUT2D eigenvalue weighted by Gasteiger charge is -2.08. The van der Waals surface area contributed by atoms with Gasteiger partial charge in [-0.3, -0.25) is 4.79 Å². The first kappa shape index (κ1) is 17.1. The number of hydrogen-bond acceptors (Lipinski definition) is 4. The van der Waals surface area contributed by atoms with Gasteiger partial charge >= 0.3 is 5.97 Å². The predicted molar refractivity (Wildman–Crippen MR) is 91.6 cm³/mol. The Kier molecular flexibility index (Phi) is 5.15. The van der Waals surface area contributed by atoms with Crippen molar-refractivity contribution in [3.05, 3.63) is 45.3 Å². The Labute approximate surface area is 139 Å². The van der Waals surface area contributed by atoms with Gasteiger partial charge in [0.15, 0.2) is 0 Å². The molecular formula is C17H20N2O3S. The number of thiophene rings is 1. The fraction of sp³-hybridized carbons (Fsp3) is 0.353. The van der Waals surface area contributed by atoms with Gasteiger partial charge in [0.05, 0.1) is 10.4 Å². The molecule has 0 bridgehead atoms. The zero-order valence-electron chi connectivity index (χ0n) is 13.6. The molecule has 0 aromatic carbocycles. The highest BCUT2D eigenvalue weighted by molar-refractivity contribution is 7.14. The normalized spacial score (nSPS) is 11.0. The number of anilines is 1. The van der Waals surface area contributed by atoms with Gasteiger partial charge in [0, 0.05) is 11.1 Å². The summed E-state index contributed by atoms with van der Waals surface area (Å²) in [4.78, 5) is 29.0. The van der Waals surface area contributed by atoms with Crippen LogP contribution in [-0.2, 0) is 0 Å². The minimum atomic E-state index is -1.04. The summed E-state index contributed by atoms with van der Waals surface area (Å²) in [5, 5.41) is 11.6. The van der Waals surface area contributed by atoms with Crippen LogP contribution >= 0.6 is 11.3 Å². The molecule has 2 rings (SSSR count). The number of amides is 1. The third-order valence-corrected chi connectivity index (χ3v) is 4.86. The first-order valence-electron chi connectivity index (χ1n) is 7.44. The Morgan fingerprint density at radius 3 is 2.30 bits per heavy atom. The Bertz CT molecular complexity index is 692. The fourth-order valence-corrected chi connectivity index (χ4v) is 3.42. The highest BCUT2D eigenvalue weighted by Crippen LogP contribution is 2.34. The van der Waals surface area contributed by atoms with Gasteiger partial charge in [0.2, 0.25) is 0 Å². The van der Waals surface area contributed by atoms with E-state index >= 15 is 0 Å². The van der Waals surface area contributed by atoms with E-state index < -0.39 is 5.97 Å². The molecule has 0 unspecified atom stereocenters. The van der Waals surface area contributed by atoms with Crippen LogP contribution in [0, 0.1) is 0 Å². The Morgan fingerprint density at radius 2 is 1.87 bits per heavy atom. The van der Waals surface area contributed by atoms with E-state index in [1.165, 1.54) is 40.1 Å². The number of aromatic carboxylic acids is 1. The second kappa shape index (κ2) is 6.91. The SMILES string of the molecule is CC(C)c1cc(C(=O)Nc2ccc(C(=O)O)cn2)sc1C(C)C. The lowest BCUT2D eigenvalue weighted by Crippen LogP contribution is -2.11. The van der Waals surface area contributed by atoms with Gasteiger partial charge in [-0.05, 0) is 35.6 Å². The third-order valence-electron chi connectivity index (χ3n) is 3.41. The van der Waals surface area contributed by atoms with Crippen LogP contribution < -0.4 is 5.32 Å². The molecule has 0 atom stereocenters. The summed E-state index contributed by atoms with van der Waals surface area (Å²) in [5.41, 5.74) is 1.28. The zero-order chi connectivity index (χ0) is 17.1. The smallest absolute Gasteiger partial charge is 0.337 e. The van der Waals surface area contributed by atoms with Crippen LogP contribution in [0.25, 0.3) is 0 Å². The molecule has 0 aliphatic carbocycles. The summed E-state index contributed by atoms with van der Waals surface area (Å²) >= 11 is 1.50. The minimum absolute atomic E-state index is 0.0864. The number of nitrogens with zero attached hydrogens (tertiary/aromatic N) is 1. The van der Waals surface area contributed by atoms with Gasteiger partial charge in [0.1, 0.15) is 5.82 Å². The molecule has 23 heavy (non-hydrogen) atoms. The number of aromatic nitrogens is 1. The number of carbonyl (C=O) groups is 2. The van der Waals surface area contributed by atoms with E-state index in [2.05, 4.69) is 38.0 Å². The number of carbonyl (C=O) groups excluding carboxylic acids is 1. The van der Waals surface area contributed by atoms with Crippen molar-refractivity contribution in [3.8, 4) is 0 Å². The van der Waals surface area contributed by atoms with Gasteiger partial charge in [-0.2, -0.15) is 0 Å². The van der Waals surface area contributed by atoms with E-state index in [0.29, 0.717) is 22.5 Å². The van der Waals surface area contributed by atoms with Crippen molar-refractivity contribution in [2.24, 2.45) is 0 Å². The molecule has 6 heteroatoms. The van der Waals surface area contributed by atoms with Crippen molar-refractivity contribution in [2.45, 2.75) is 39.5 Å². The summed E-state index contributed by atoms with van der Waals surface area (Å²) in [7, 11) is 0. The average Bonchev–Trinajstić information content (AvgIpc) is 2.93. The van der Waals surface area contributed by atoms with Crippen molar-refractivity contribution in [2.75, 3.05) is 5.32 Å². The number of carboxylic acid groups (broad SMARTS) is 1. The monoisotopic (exact) mass is 332 g/mol. The van der Waals surface area contributed by atoms with Gasteiger partial charge < -0.3 is 10.4 Å². The molecule has 0 aliphatic rings. The molecule has 2 aromatic rings. The van der Waals surface area contributed by atoms with Gasteiger partial charge in [-0.25, -0.2) is 9.78 Å². The highest BCUT2D eigenvalue weighted by atomic mass is 32.1. The highest BCUT2D eigenvalue weighted by Gasteiger charge is 2.19. The molecule has 0 saturated heterocycles. The minimum Gasteiger partial charge on any atom is -0.478 e. The van der Waals surface area contributed by atoms with Crippen molar-refractivity contribution in [3.63, 3.8) is 0 Å². The van der Waals surface area contributed by atoms with Crippen molar-refractivity contribution in [1.29, 1.82) is 0 Å². The van der Waals surface area contributed by atoms with Crippen LogP contribution in [0.3, 0.4) is 0 Å². The summed E-state index contributed by atoms with van der Waals surface area (Å²) in [5.74, 6) is -0.202. The van der Waals surface area contributed by atoms with E-state index in [1.807, 2.05) is 6.07 Å². The van der Waals surface area contributed by atoms with Crippen molar-refractivity contribution < 1.29 is 14.7 Å². The van der Waals surface area contributed by atoms with E-state index in [1.54, 1.807) is 0 Å². The Hall–Kier alpha value is -2.21. The molecule has 122 valence electrons. The Morgan fingerprint density at radius 1 is 1.17 bits per heavy atom. The van der Waals surface area contributed by atoms with E-state index in [4.69, 9.17) is 5.11 Å². The summed E-state index contributed by atoms with van der Waals surface area (Å²) in [6.45, 7) is 8.46. The van der Waals surface area contributed by atoms with Crippen LogP contribution in [0.4, 0.5) is 5.82 Å². The molecule has 2 aromatic heterocycles. The quantitative estimate of drug-likeness (QED) is 0.853. The van der Waals surface area contributed by atoms with Crippen LogP contribution in [0.5, 0.6) is 0 Å². The van der Waals surface area contributed by atoms with Crippen molar-refractivity contribution >= 4 is 29.0 Å². The number of carboxylic acids is 1. The van der Waals surface area contributed by atoms with Crippen LogP contribution in [0.15, 0.2) is 24.4 Å². The second-order valence-electron chi connectivity index (χ2n) is 5.93. The number of pyridine rings is 1. The van der Waals surface area contributed by atoms with Crippen LogP contribution in [0.2, 0.25) is 0 Å². The molecule has 5 nitrogen and oxygen atoms in total.